The van der Waals surface area contributed by atoms with Crippen LogP contribution in [0.4, 0.5) is 13.2 Å². The van der Waals surface area contributed by atoms with Crippen LogP contribution in [0.5, 0.6) is 0 Å². The van der Waals surface area contributed by atoms with Gasteiger partial charge >= 0.3 is 0 Å². The summed E-state index contributed by atoms with van der Waals surface area (Å²) in [6.07, 6.45) is 3.24. The molecule has 0 aliphatic carbocycles. The van der Waals surface area contributed by atoms with Crippen LogP contribution in [-0.2, 0) is 6.54 Å². The Morgan fingerprint density at radius 2 is 1.68 bits per heavy atom. The fourth-order valence-electron chi connectivity index (χ4n) is 2.17. The van der Waals surface area contributed by atoms with Crippen molar-refractivity contribution in [2.45, 2.75) is 6.54 Å². The molecule has 112 valence electrons. The molecule has 1 heterocycles. The standard InChI is InChI=1S/C16H10BrF3N2/c17-12-4-1-10(2-5-12)16-21-7-8-22(16)9-11-3-6-13(18)15(20)14(11)19/h1-8H,9H2. The Morgan fingerprint density at radius 1 is 0.955 bits per heavy atom. The van der Waals surface area contributed by atoms with E-state index in [4.69, 9.17) is 0 Å². The number of hydrogen-bond donors (Lipinski definition) is 0. The van der Waals surface area contributed by atoms with Gasteiger partial charge in [0.25, 0.3) is 0 Å². The largest absolute Gasteiger partial charge is 0.326 e. The van der Waals surface area contributed by atoms with Crippen molar-refractivity contribution in [3.05, 3.63) is 76.3 Å². The van der Waals surface area contributed by atoms with E-state index in [0.717, 1.165) is 16.1 Å². The van der Waals surface area contributed by atoms with Crippen LogP contribution in [0.3, 0.4) is 0 Å². The smallest absolute Gasteiger partial charge is 0.194 e. The number of rotatable bonds is 3. The molecule has 0 atom stereocenters. The summed E-state index contributed by atoms with van der Waals surface area (Å²) in [7, 11) is 0. The average molecular weight is 367 g/mol. The molecule has 0 N–H and O–H groups in total. The fraction of sp³-hybridized carbons (Fsp3) is 0.0625. The molecule has 22 heavy (non-hydrogen) atoms. The first kappa shape index (κ1) is 14.8. The molecule has 0 radical (unpaired) electrons. The highest BCUT2D eigenvalue weighted by Crippen LogP contribution is 2.22. The van der Waals surface area contributed by atoms with Gasteiger partial charge in [0, 0.05) is 28.0 Å². The van der Waals surface area contributed by atoms with E-state index < -0.39 is 17.5 Å². The zero-order chi connectivity index (χ0) is 15.7. The lowest BCUT2D eigenvalue weighted by atomic mass is 10.1. The highest BCUT2D eigenvalue weighted by molar-refractivity contribution is 9.10. The van der Waals surface area contributed by atoms with Gasteiger partial charge in [-0.2, -0.15) is 0 Å². The molecular formula is C16H10BrF3N2. The normalized spacial score (nSPS) is 10.9. The van der Waals surface area contributed by atoms with Crippen molar-refractivity contribution in [3.63, 3.8) is 0 Å². The summed E-state index contributed by atoms with van der Waals surface area (Å²) in [4.78, 5) is 4.24. The first-order valence-electron chi connectivity index (χ1n) is 6.45. The summed E-state index contributed by atoms with van der Waals surface area (Å²) in [5.41, 5.74) is 0.909. The number of imidazole rings is 1. The van der Waals surface area contributed by atoms with Crippen molar-refractivity contribution < 1.29 is 13.2 Å². The first-order valence-corrected chi connectivity index (χ1v) is 7.25. The van der Waals surface area contributed by atoms with Gasteiger partial charge in [-0.25, -0.2) is 18.2 Å². The van der Waals surface area contributed by atoms with E-state index in [-0.39, 0.29) is 12.1 Å². The van der Waals surface area contributed by atoms with E-state index in [1.807, 2.05) is 24.3 Å². The van der Waals surface area contributed by atoms with E-state index in [9.17, 15) is 13.2 Å². The highest BCUT2D eigenvalue weighted by atomic mass is 79.9. The minimum atomic E-state index is -1.46. The van der Waals surface area contributed by atoms with Crippen LogP contribution in [0.25, 0.3) is 11.4 Å². The lowest BCUT2D eigenvalue weighted by Crippen LogP contribution is -2.05. The topological polar surface area (TPSA) is 17.8 Å². The Bertz CT molecular complexity index is 813. The predicted molar refractivity (Wildman–Crippen MR) is 80.8 cm³/mol. The second-order valence-electron chi connectivity index (χ2n) is 4.72. The van der Waals surface area contributed by atoms with Gasteiger partial charge in [0.1, 0.15) is 5.82 Å². The van der Waals surface area contributed by atoms with Crippen molar-refractivity contribution in [3.8, 4) is 11.4 Å². The van der Waals surface area contributed by atoms with Crippen LogP contribution in [0.15, 0.2) is 53.3 Å². The van der Waals surface area contributed by atoms with Gasteiger partial charge in [-0.3, -0.25) is 0 Å². The lowest BCUT2D eigenvalue weighted by molar-refractivity contribution is 0.439. The molecule has 0 fully saturated rings. The van der Waals surface area contributed by atoms with Crippen LogP contribution in [0.2, 0.25) is 0 Å². The second kappa shape index (κ2) is 5.96. The van der Waals surface area contributed by atoms with Gasteiger partial charge in [-0.05, 0) is 18.2 Å². The molecule has 0 aliphatic rings. The van der Waals surface area contributed by atoms with E-state index in [2.05, 4.69) is 20.9 Å². The molecule has 2 aromatic carbocycles. The molecule has 0 saturated heterocycles. The van der Waals surface area contributed by atoms with Crippen molar-refractivity contribution in [2.24, 2.45) is 0 Å². The van der Waals surface area contributed by atoms with Gasteiger partial charge in [-0.15, -0.1) is 0 Å². The van der Waals surface area contributed by atoms with Crippen LogP contribution < -0.4 is 0 Å². The van der Waals surface area contributed by atoms with Crippen molar-refractivity contribution in [1.29, 1.82) is 0 Å². The van der Waals surface area contributed by atoms with Crippen LogP contribution >= 0.6 is 15.9 Å². The van der Waals surface area contributed by atoms with E-state index in [1.165, 1.54) is 6.07 Å². The van der Waals surface area contributed by atoms with Crippen molar-refractivity contribution in [2.75, 3.05) is 0 Å². The molecular weight excluding hydrogens is 357 g/mol. The maximum Gasteiger partial charge on any atom is 0.194 e. The third-order valence-electron chi connectivity index (χ3n) is 3.27. The molecule has 3 aromatic rings. The average Bonchev–Trinajstić information content (AvgIpc) is 2.97. The Labute approximate surface area is 133 Å². The van der Waals surface area contributed by atoms with E-state index >= 15 is 0 Å². The van der Waals surface area contributed by atoms with Gasteiger partial charge in [0.05, 0.1) is 6.54 Å². The quantitative estimate of drug-likeness (QED) is 0.610. The van der Waals surface area contributed by atoms with Crippen LogP contribution in [0.1, 0.15) is 5.56 Å². The van der Waals surface area contributed by atoms with Gasteiger partial charge < -0.3 is 4.57 Å². The van der Waals surface area contributed by atoms with Gasteiger partial charge in [-0.1, -0.05) is 34.1 Å². The molecule has 0 unspecified atom stereocenters. The van der Waals surface area contributed by atoms with Crippen molar-refractivity contribution in [1.82, 2.24) is 9.55 Å². The molecule has 1 aromatic heterocycles. The minimum absolute atomic E-state index is 0.0639. The summed E-state index contributed by atoms with van der Waals surface area (Å²) < 4.78 is 42.7. The zero-order valence-electron chi connectivity index (χ0n) is 11.2. The molecule has 0 bridgehead atoms. The summed E-state index contributed by atoms with van der Waals surface area (Å²) in [5, 5.41) is 0. The van der Waals surface area contributed by atoms with E-state index in [0.29, 0.717) is 5.82 Å². The third kappa shape index (κ3) is 2.78. The number of benzene rings is 2. The van der Waals surface area contributed by atoms with Gasteiger partial charge in [0.2, 0.25) is 0 Å². The van der Waals surface area contributed by atoms with E-state index in [1.54, 1.807) is 17.0 Å². The summed E-state index contributed by atoms with van der Waals surface area (Å²) in [6, 6.07) is 9.62. The Balaban J connectivity index is 1.96. The fourth-order valence-corrected chi connectivity index (χ4v) is 2.43. The Hall–Kier alpha value is -2.08. The lowest BCUT2D eigenvalue weighted by Gasteiger charge is -2.10. The maximum atomic E-state index is 13.8. The number of hydrogen-bond acceptors (Lipinski definition) is 1. The molecule has 0 amide bonds. The zero-order valence-corrected chi connectivity index (χ0v) is 12.8. The monoisotopic (exact) mass is 366 g/mol. The summed E-state index contributed by atoms with van der Waals surface area (Å²) >= 11 is 3.35. The first-order chi connectivity index (χ1) is 10.6. The molecule has 0 spiro atoms. The third-order valence-corrected chi connectivity index (χ3v) is 3.80. The molecule has 0 aliphatic heterocycles. The van der Waals surface area contributed by atoms with Crippen molar-refractivity contribution >= 4 is 15.9 Å². The predicted octanol–water partition coefficient (Wildman–Crippen LogP) is 4.78. The maximum absolute atomic E-state index is 13.8. The Kier molecular flexibility index (Phi) is 4.02. The van der Waals surface area contributed by atoms with Crippen LogP contribution in [0, 0.1) is 17.5 Å². The van der Waals surface area contributed by atoms with Gasteiger partial charge in [0.15, 0.2) is 17.5 Å². The minimum Gasteiger partial charge on any atom is -0.326 e. The summed E-state index contributed by atoms with van der Waals surface area (Å²) in [5.74, 6) is -3.20. The number of nitrogens with zero attached hydrogens (tertiary/aromatic N) is 2. The van der Waals surface area contributed by atoms with Crippen LogP contribution in [-0.4, -0.2) is 9.55 Å². The molecule has 3 rings (SSSR count). The molecule has 0 saturated carbocycles. The second-order valence-corrected chi connectivity index (χ2v) is 5.64. The molecule has 6 heteroatoms. The highest BCUT2D eigenvalue weighted by Gasteiger charge is 2.15. The SMILES string of the molecule is Fc1ccc(Cn2ccnc2-c2ccc(Br)cc2)c(F)c1F. The number of halogens is 4. The Morgan fingerprint density at radius 3 is 2.41 bits per heavy atom. The molecule has 2 nitrogen and oxygen atoms in total. The number of aromatic nitrogens is 2. The summed E-state index contributed by atoms with van der Waals surface area (Å²) in [6.45, 7) is 0.0639.